The smallest absolute Gasteiger partial charge is 0.0925 e. The van der Waals surface area contributed by atoms with Crippen molar-refractivity contribution in [3.63, 3.8) is 0 Å². The maximum Gasteiger partial charge on any atom is 0.0925 e. The Balaban J connectivity index is 3.77. The van der Waals surface area contributed by atoms with Crippen LogP contribution in [-0.4, -0.2) is 23.8 Å². The second-order valence-electron chi connectivity index (χ2n) is 3.52. The van der Waals surface area contributed by atoms with Gasteiger partial charge < -0.3 is 4.90 Å². The molecule has 72 valence electrons. The van der Waals surface area contributed by atoms with Crippen molar-refractivity contribution >= 4 is 5.84 Å². The Morgan fingerprint density at radius 3 is 2.33 bits per heavy atom. The number of rotatable bonds is 5. The summed E-state index contributed by atoms with van der Waals surface area (Å²) in [6, 6.07) is 0. The van der Waals surface area contributed by atoms with E-state index in [1.54, 1.807) is 0 Å². The highest BCUT2D eigenvalue weighted by atomic mass is 15.2. The van der Waals surface area contributed by atoms with Crippen molar-refractivity contribution < 1.29 is 0 Å². The molecule has 0 saturated heterocycles. The number of hydrogen-bond donors (Lipinski definition) is 1. The fourth-order valence-corrected chi connectivity index (χ4v) is 1.46. The average Bonchev–Trinajstić information content (AvgIpc) is 2.00. The summed E-state index contributed by atoms with van der Waals surface area (Å²) in [5.74, 6) is 1.41. The topological polar surface area (TPSA) is 27.1 Å². The van der Waals surface area contributed by atoms with E-state index in [4.69, 9.17) is 5.41 Å². The van der Waals surface area contributed by atoms with Crippen molar-refractivity contribution in [2.75, 3.05) is 13.1 Å². The third kappa shape index (κ3) is 4.37. The lowest BCUT2D eigenvalue weighted by molar-refractivity contribution is 0.347. The van der Waals surface area contributed by atoms with Crippen molar-refractivity contribution in [1.82, 2.24) is 4.90 Å². The van der Waals surface area contributed by atoms with E-state index in [0.29, 0.717) is 5.84 Å². The van der Waals surface area contributed by atoms with Crippen LogP contribution in [0.2, 0.25) is 0 Å². The van der Waals surface area contributed by atoms with Gasteiger partial charge in [-0.1, -0.05) is 20.3 Å². The Bertz CT molecular complexity index is 132. The fourth-order valence-electron chi connectivity index (χ4n) is 1.46. The summed E-state index contributed by atoms with van der Waals surface area (Å²) in [6.45, 7) is 10.4. The molecule has 2 heteroatoms. The zero-order valence-electron chi connectivity index (χ0n) is 8.85. The van der Waals surface area contributed by atoms with Gasteiger partial charge >= 0.3 is 0 Å². The Kier molecular flexibility index (Phi) is 5.77. The highest BCUT2D eigenvalue weighted by Crippen LogP contribution is 2.07. The Labute approximate surface area is 76.5 Å². The third-order valence-electron chi connectivity index (χ3n) is 2.17. The number of amidine groups is 1. The van der Waals surface area contributed by atoms with Gasteiger partial charge in [-0.25, -0.2) is 0 Å². The highest BCUT2D eigenvalue weighted by molar-refractivity contribution is 5.76. The molecule has 12 heavy (non-hydrogen) atoms. The van der Waals surface area contributed by atoms with Crippen LogP contribution in [0.5, 0.6) is 0 Å². The van der Waals surface area contributed by atoms with E-state index in [-0.39, 0.29) is 0 Å². The van der Waals surface area contributed by atoms with Gasteiger partial charge in [0, 0.05) is 13.1 Å². The van der Waals surface area contributed by atoms with E-state index in [2.05, 4.69) is 25.7 Å². The summed E-state index contributed by atoms with van der Waals surface area (Å²) >= 11 is 0. The summed E-state index contributed by atoms with van der Waals surface area (Å²) < 4.78 is 0. The number of hydrogen-bond acceptors (Lipinski definition) is 1. The molecule has 0 heterocycles. The second-order valence-corrected chi connectivity index (χ2v) is 3.52. The molecule has 0 amide bonds. The maximum atomic E-state index is 7.50. The molecule has 0 aliphatic carbocycles. The Hall–Kier alpha value is -0.530. The van der Waals surface area contributed by atoms with Crippen molar-refractivity contribution in [1.29, 1.82) is 5.41 Å². The molecule has 0 fully saturated rings. The largest absolute Gasteiger partial charge is 0.361 e. The van der Waals surface area contributed by atoms with E-state index in [1.165, 1.54) is 12.8 Å². The minimum absolute atomic E-state index is 0.695. The third-order valence-corrected chi connectivity index (χ3v) is 2.17. The molecule has 0 radical (unpaired) electrons. The lowest BCUT2D eigenvalue weighted by Crippen LogP contribution is -2.32. The minimum atomic E-state index is 0.695. The molecule has 1 N–H and O–H groups in total. The van der Waals surface area contributed by atoms with Crippen molar-refractivity contribution in [2.24, 2.45) is 5.92 Å². The quantitative estimate of drug-likeness (QED) is 0.498. The van der Waals surface area contributed by atoms with E-state index < -0.39 is 0 Å². The lowest BCUT2D eigenvalue weighted by Gasteiger charge is -2.24. The van der Waals surface area contributed by atoms with Gasteiger partial charge in [0.15, 0.2) is 0 Å². The summed E-state index contributed by atoms with van der Waals surface area (Å²) in [5, 5.41) is 7.50. The van der Waals surface area contributed by atoms with Crippen LogP contribution >= 0.6 is 0 Å². The first kappa shape index (κ1) is 11.5. The molecule has 0 saturated carbocycles. The lowest BCUT2D eigenvalue weighted by atomic mass is 10.1. The molecule has 0 aromatic rings. The highest BCUT2D eigenvalue weighted by Gasteiger charge is 2.07. The zero-order chi connectivity index (χ0) is 9.56. The summed E-state index contributed by atoms with van der Waals surface area (Å²) in [4.78, 5) is 2.13. The first-order chi connectivity index (χ1) is 5.61. The minimum Gasteiger partial charge on any atom is -0.361 e. The predicted molar refractivity (Wildman–Crippen MR) is 54.7 cm³/mol. The Morgan fingerprint density at radius 2 is 2.00 bits per heavy atom. The molecule has 0 rings (SSSR count). The Morgan fingerprint density at radius 1 is 1.42 bits per heavy atom. The molecule has 2 nitrogen and oxygen atoms in total. The summed E-state index contributed by atoms with van der Waals surface area (Å²) in [6.07, 6.45) is 2.51. The number of nitrogens with one attached hydrogen (secondary N) is 1. The predicted octanol–water partition coefficient (Wildman–Crippen LogP) is 2.74. The maximum absolute atomic E-state index is 7.50. The first-order valence-corrected chi connectivity index (χ1v) is 4.91. The molecule has 0 aromatic heterocycles. The molecule has 0 aliphatic rings. The van der Waals surface area contributed by atoms with Gasteiger partial charge in [0.25, 0.3) is 0 Å². The summed E-state index contributed by atoms with van der Waals surface area (Å²) in [5.41, 5.74) is 0. The second kappa shape index (κ2) is 6.04. The van der Waals surface area contributed by atoms with E-state index >= 15 is 0 Å². The van der Waals surface area contributed by atoms with Crippen LogP contribution in [0.1, 0.15) is 40.5 Å². The van der Waals surface area contributed by atoms with Crippen LogP contribution in [0.25, 0.3) is 0 Å². The summed E-state index contributed by atoms with van der Waals surface area (Å²) in [7, 11) is 0. The van der Waals surface area contributed by atoms with Crippen LogP contribution in [0.4, 0.5) is 0 Å². The SMILES string of the molecule is CCC[C@H](C)CN(CC)C(C)=N. The van der Waals surface area contributed by atoms with Crippen LogP contribution in [-0.2, 0) is 0 Å². The van der Waals surface area contributed by atoms with Crippen molar-refractivity contribution in [3.05, 3.63) is 0 Å². The molecule has 0 spiro atoms. The van der Waals surface area contributed by atoms with Gasteiger partial charge in [0.1, 0.15) is 0 Å². The van der Waals surface area contributed by atoms with Gasteiger partial charge in [-0.3, -0.25) is 5.41 Å². The monoisotopic (exact) mass is 170 g/mol. The van der Waals surface area contributed by atoms with Crippen molar-refractivity contribution in [2.45, 2.75) is 40.5 Å². The standard InChI is InChI=1S/C10H22N2/c1-5-7-9(3)8-12(6-2)10(4)11/h9,11H,5-8H2,1-4H3/t9-/m0/s1. The normalized spacial score (nSPS) is 12.7. The van der Waals surface area contributed by atoms with Gasteiger partial charge in [-0.2, -0.15) is 0 Å². The van der Waals surface area contributed by atoms with E-state index in [1.807, 2.05) is 6.92 Å². The van der Waals surface area contributed by atoms with Gasteiger partial charge in [-0.15, -0.1) is 0 Å². The van der Waals surface area contributed by atoms with Crippen LogP contribution in [0.3, 0.4) is 0 Å². The van der Waals surface area contributed by atoms with Gasteiger partial charge in [0.2, 0.25) is 0 Å². The van der Waals surface area contributed by atoms with Crippen LogP contribution in [0, 0.1) is 11.3 Å². The average molecular weight is 170 g/mol. The van der Waals surface area contributed by atoms with Crippen LogP contribution in [0.15, 0.2) is 0 Å². The van der Waals surface area contributed by atoms with Crippen molar-refractivity contribution in [3.8, 4) is 0 Å². The molecule has 0 bridgehead atoms. The van der Waals surface area contributed by atoms with Gasteiger partial charge in [-0.05, 0) is 26.2 Å². The van der Waals surface area contributed by atoms with E-state index in [0.717, 1.165) is 19.0 Å². The molecule has 0 unspecified atom stereocenters. The molecular formula is C10H22N2. The van der Waals surface area contributed by atoms with E-state index in [9.17, 15) is 0 Å². The van der Waals surface area contributed by atoms with Crippen LogP contribution < -0.4 is 0 Å². The molecular weight excluding hydrogens is 148 g/mol. The molecule has 0 aliphatic heterocycles. The molecule has 1 atom stereocenters. The number of nitrogens with zero attached hydrogens (tertiary/aromatic N) is 1. The zero-order valence-corrected chi connectivity index (χ0v) is 8.85. The van der Waals surface area contributed by atoms with Gasteiger partial charge in [0.05, 0.1) is 5.84 Å². The molecule has 0 aromatic carbocycles. The fraction of sp³-hybridized carbons (Fsp3) is 0.900. The first-order valence-electron chi connectivity index (χ1n) is 4.91.